The van der Waals surface area contributed by atoms with Crippen molar-refractivity contribution >= 4 is 11.7 Å². The van der Waals surface area contributed by atoms with Crippen LogP contribution in [-0.2, 0) is 15.1 Å². The number of rotatable bonds is 9. The average molecular weight is 446 g/mol. The number of ether oxygens (including phenoxy) is 2. The van der Waals surface area contributed by atoms with Gasteiger partial charge in [0.25, 0.3) is 5.60 Å². The summed E-state index contributed by atoms with van der Waals surface area (Å²) in [4.78, 5) is 13.4. The highest BCUT2D eigenvalue weighted by atomic mass is 19.4. The zero-order valence-electron chi connectivity index (χ0n) is 16.6. The van der Waals surface area contributed by atoms with Gasteiger partial charge < -0.3 is 19.9 Å². The monoisotopic (exact) mass is 446 g/mol. The SMILES string of the molecule is CCNC(=O)N(CC(OCC)OCC)c1ccc(C(O)(C(F)(F)F)C(F)(F)F)cc1. The van der Waals surface area contributed by atoms with Gasteiger partial charge in [-0.3, -0.25) is 4.90 Å². The van der Waals surface area contributed by atoms with E-state index in [1.54, 1.807) is 20.8 Å². The summed E-state index contributed by atoms with van der Waals surface area (Å²) in [6, 6.07) is 2.04. The number of alkyl halides is 6. The van der Waals surface area contributed by atoms with E-state index in [1.165, 1.54) is 0 Å². The number of halogens is 6. The smallest absolute Gasteiger partial charge is 0.369 e. The molecule has 1 aromatic carbocycles. The number of hydrogen-bond acceptors (Lipinski definition) is 4. The summed E-state index contributed by atoms with van der Waals surface area (Å²) < 4.78 is 88.9. The Kier molecular flexibility index (Phi) is 8.93. The van der Waals surface area contributed by atoms with Gasteiger partial charge in [-0.2, -0.15) is 26.3 Å². The van der Waals surface area contributed by atoms with Gasteiger partial charge in [0.05, 0.1) is 6.54 Å². The molecule has 0 radical (unpaired) electrons. The Morgan fingerprint density at radius 1 is 1.00 bits per heavy atom. The molecule has 2 amide bonds. The number of nitrogens with one attached hydrogen (secondary N) is 1. The molecule has 0 aliphatic heterocycles. The van der Waals surface area contributed by atoms with Gasteiger partial charge in [0.2, 0.25) is 0 Å². The topological polar surface area (TPSA) is 71.0 Å². The maximum atomic E-state index is 13.0. The molecule has 0 unspecified atom stereocenters. The van der Waals surface area contributed by atoms with E-state index in [0.717, 1.165) is 17.0 Å². The van der Waals surface area contributed by atoms with Gasteiger partial charge in [-0.05, 0) is 32.9 Å². The van der Waals surface area contributed by atoms with E-state index in [-0.39, 0.29) is 32.0 Å². The molecule has 2 N–H and O–H groups in total. The maximum Gasteiger partial charge on any atom is 0.430 e. The van der Waals surface area contributed by atoms with Crippen LogP contribution in [0.3, 0.4) is 0 Å². The predicted molar refractivity (Wildman–Crippen MR) is 95.9 cm³/mol. The number of aliphatic hydroxyl groups is 1. The molecule has 0 saturated heterocycles. The third kappa shape index (κ3) is 5.76. The van der Waals surface area contributed by atoms with Crippen molar-refractivity contribution in [3.63, 3.8) is 0 Å². The number of urea groups is 1. The van der Waals surface area contributed by atoms with Gasteiger partial charge in [0.15, 0.2) is 6.29 Å². The summed E-state index contributed by atoms with van der Waals surface area (Å²) in [5.41, 5.74) is -6.48. The normalized spacial score (nSPS) is 12.9. The second-order valence-corrected chi connectivity index (χ2v) is 6.04. The van der Waals surface area contributed by atoms with Gasteiger partial charge >= 0.3 is 18.4 Å². The van der Waals surface area contributed by atoms with Crippen LogP contribution in [0.25, 0.3) is 0 Å². The molecule has 0 aliphatic carbocycles. The van der Waals surface area contributed by atoms with Crippen LogP contribution in [0, 0.1) is 0 Å². The number of carbonyl (C=O) groups is 1. The molecule has 0 heterocycles. The highest BCUT2D eigenvalue weighted by Crippen LogP contribution is 2.50. The zero-order valence-corrected chi connectivity index (χ0v) is 16.6. The fourth-order valence-corrected chi connectivity index (χ4v) is 2.60. The number of carbonyl (C=O) groups excluding carboxylic acids is 1. The second kappa shape index (κ2) is 10.3. The summed E-state index contributed by atoms with van der Waals surface area (Å²) in [6.45, 7) is 5.56. The van der Waals surface area contributed by atoms with Crippen molar-refractivity contribution in [3.05, 3.63) is 29.8 Å². The molecule has 0 bridgehead atoms. The van der Waals surface area contributed by atoms with E-state index in [0.29, 0.717) is 12.1 Å². The minimum absolute atomic E-state index is 0.0131. The number of hydrogen-bond donors (Lipinski definition) is 2. The van der Waals surface area contributed by atoms with Crippen LogP contribution >= 0.6 is 0 Å². The second-order valence-electron chi connectivity index (χ2n) is 6.04. The van der Waals surface area contributed by atoms with E-state index < -0.39 is 35.8 Å². The largest absolute Gasteiger partial charge is 0.430 e. The first-order valence-corrected chi connectivity index (χ1v) is 9.08. The maximum absolute atomic E-state index is 13.0. The molecule has 1 rings (SSSR count). The molecule has 0 aromatic heterocycles. The Hall–Kier alpha value is -2.05. The van der Waals surface area contributed by atoms with Gasteiger partial charge in [0.1, 0.15) is 0 Å². The third-order valence-corrected chi connectivity index (χ3v) is 4.03. The zero-order chi connectivity index (χ0) is 23.2. The van der Waals surface area contributed by atoms with E-state index in [1.807, 2.05) is 0 Å². The summed E-state index contributed by atoms with van der Waals surface area (Å²) in [7, 11) is 0. The van der Waals surface area contributed by atoms with E-state index in [2.05, 4.69) is 5.32 Å². The summed E-state index contributed by atoms with van der Waals surface area (Å²) in [5.74, 6) is 0. The lowest BCUT2D eigenvalue weighted by Gasteiger charge is -2.33. The minimum atomic E-state index is -6.00. The van der Waals surface area contributed by atoms with Crippen LogP contribution in [0.5, 0.6) is 0 Å². The highest BCUT2D eigenvalue weighted by molar-refractivity contribution is 5.92. The van der Waals surface area contributed by atoms with Gasteiger partial charge in [0, 0.05) is 31.0 Å². The molecule has 0 atom stereocenters. The van der Waals surface area contributed by atoms with Gasteiger partial charge in [-0.25, -0.2) is 4.79 Å². The number of amides is 2. The minimum Gasteiger partial charge on any atom is -0.369 e. The Labute approximate surface area is 169 Å². The van der Waals surface area contributed by atoms with Crippen LogP contribution in [-0.4, -0.2) is 56.1 Å². The molecule has 30 heavy (non-hydrogen) atoms. The first-order chi connectivity index (χ1) is 13.8. The van der Waals surface area contributed by atoms with Crippen molar-refractivity contribution in [2.75, 3.05) is 31.2 Å². The lowest BCUT2D eigenvalue weighted by Crippen LogP contribution is -2.53. The molecule has 1 aromatic rings. The van der Waals surface area contributed by atoms with Crippen molar-refractivity contribution in [3.8, 4) is 0 Å². The van der Waals surface area contributed by atoms with Gasteiger partial charge in [-0.15, -0.1) is 0 Å². The third-order valence-electron chi connectivity index (χ3n) is 4.03. The predicted octanol–water partition coefficient (Wildman–Crippen LogP) is 3.93. The van der Waals surface area contributed by atoms with Gasteiger partial charge in [-0.1, -0.05) is 12.1 Å². The summed E-state index contributed by atoms with van der Waals surface area (Å²) in [5, 5.41) is 12.0. The summed E-state index contributed by atoms with van der Waals surface area (Å²) >= 11 is 0. The lowest BCUT2D eigenvalue weighted by atomic mass is 9.92. The molecule has 6 nitrogen and oxygen atoms in total. The first kappa shape index (κ1) is 26.0. The van der Waals surface area contributed by atoms with Crippen molar-refractivity contribution in [2.45, 2.75) is 45.0 Å². The molecule has 0 aliphatic rings. The fourth-order valence-electron chi connectivity index (χ4n) is 2.60. The molecule has 0 spiro atoms. The summed E-state index contributed by atoms with van der Waals surface area (Å²) in [6.07, 6.45) is -12.9. The van der Waals surface area contributed by atoms with Crippen molar-refractivity contribution < 1.29 is 45.7 Å². The lowest BCUT2D eigenvalue weighted by molar-refractivity contribution is -0.376. The fraction of sp³-hybridized carbons (Fsp3) is 0.611. The van der Waals surface area contributed by atoms with Crippen LogP contribution < -0.4 is 10.2 Å². The Morgan fingerprint density at radius 2 is 1.47 bits per heavy atom. The number of benzene rings is 1. The van der Waals surface area contributed by atoms with Crippen LogP contribution in [0.2, 0.25) is 0 Å². The molecular formula is C18H24F6N2O4. The average Bonchev–Trinajstić information content (AvgIpc) is 2.64. The molecule has 0 fully saturated rings. The first-order valence-electron chi connectivity index (χ1n) is 9.08. The molecular weight excluding hydrogens is 422 g/mol. The standard InChI is InChI=1S/C18H24F6N2O4/c1-4-25-15(27)26(11-14(29-5-2)30-6-3)13-9-7-12(8-10-13)16(28,17(19,20)21)18(22,23)24/h7-10,14,28H,4-6,11H2,1-3H3,(H,25,27). The number of anilines is 1. The molecule has 12 heteroatoms. The van der Waals surface area contributed by atoms with E-state index >= 15 is 0 Å². The Morgan fingerprint density at radius 3 is 1.83 bits per heavy atom. The molecule has 0 saturated carbocycles. The Balaban J connectivity index is 3.33. The van der Waals surface area contributed by atoms with Crippen LogP contribution in [0.4, 0.5) is 36.8 Å². The molecule has 172 valence electrons. The van der Waals surface area contributed by atoms with Crippen LogP contribution in [0.15, 0.2) is 24.3 Å². The van der Waals surface area contributed by atoms with Crippen molar-refractivity contribution in [2.24, 2.45) is 0 Å². The highest BCUT2D eigenvalue weighted by Gasteiger charge is 2.71. The van der Waals surface area contributed by atoms with Crippen molar-refractivity contribution in [1.82, 2.24) is 5.32 Å². The van der Waals surface area contributed by atoms with Crippen molar-refractivity contribution in [1.29, 1.82) is 0 Å². The van der Waals surface area contributed by atoms with E-state index in [9.17, 15) is 36.2 Å². The quantitative estimate of drug-likeness (QED) is 0.446. The van der Waals surface area contributed by atoms with Crippen LogP contribution in [0.1, 0.15) is 26.3 Å². The van der Waals surface area contributed by atoms with E-state index in [4.69, 9.17) is 9.47 Å². The number of nitrogens with zero attached hydrogens (tertiary/aromatic N) is 1. The Bertz CT molecular complexity index is 659.